The topological polar surface area (TPSA) is 81.2 Å². The van der Waals surface area contributed by atoms with Crippen LogP contribution in [0, 0.1) is 19.3 Å². The predicted molar refractivity (Wildman–Crippen MR) is 180 cm³/mol. The Balaban J connectivity index is 1.86. The largest absolute Gasteiger partial charge is 0.461 e. The fraction of sp³-hybridized carbons (Fsp3) is 0.649. The van der Waals surface area contributed by atoms with E-state index in [0.717, 1.165) is 71.7 Å². The van der Waals surface area contributed by atoms with Crippen LogP contribution < -0.4 is 4.90 Å². The molecule has 1 amide bonds. The minimum atomic E-state index is -0.927. The van der Waals surface area contributed by atoms with Crippen molar-refractivity contribution in [2.45, 2.75) is 132 Å². The summed E-state index contributed by atoms with van der Waals surface area (Å²) in [6.45, 7) is 26.8. The Labute approximate surface area is 270 Å². The minimum Gasteiger partial charge on any atom is -0.461 e. The van der Waals surface area contributed by atoms with Gasteiger partial charge in [0.15, 0.2) is 6.10 Å². The van der Waals surface area contributed by atoms with Crippen molar-refractivity contribution >= 4 is 17.7 Å². The normalized spacial score (nSPS) is 17.6. The van der Waals surface area contributed by atoms with E-state index in [0.29, 0.717) is 13.1 Å². The van der Waals surface area contributed by atoms with Crippen molar-refractivity contribution in [3.05, 3.63) is 46.3 Å². The lowest BCUT2D eigenvalue weighted by Crippen LogP contribution is -2.40. The van der Waals surface area contributed by atoms with Crippen molar-refractivity contribution in [1.82, 2.24) is 9.88 Å². The highest BCUT2D eigenvalue weighted by Gasteiger charge is 2.38. The van der Waals surface area contributed by atoms with Gasteiger partial charge in [-0.25, -0.2) is 9.59 Å². The van der Waals surface area contributed by atoms with Crippen molar-refractivity contribution in [2.24, 2.45) is 5.41 Å². The second-order valence-electron chi connectivity index (χ2n) is 15.8. The highest BCUT2D eigenvalue weighted by atomic mass is 16.6. The average molecular weight is 622 g/mol. The molecule has 1 saturated heterocycles. The lowest BCUT2D eigenvalue weighted by molar-refractivity contribution is -0.171. The molecule has 2 aliphatic heterocycles. The average Bonchev–Trinajstić information content (AvgIpc) is 2.89. The summed E-state index contributed by atoms with van der Waals surface area (Å²) in [6, 6.07) is 6.50. The van der Waals surface area contributed by atoms with E-state index in [1.54, 1.807) is 4.90 Å². The summed E-state index contributed by atoms with van der Waals surface area (Å²) in [4.78, 5) is 35.9. The van der Waals surface area contributed by atoms with Crippen LogP contribution in [0.25, 0.3) is 11.1 Å². The van der Waals surface area contributed by atoms with E-state index in [1.807, 2.05) is 62.3 Å². The summed E-state index contributed by atoms with van der Waals surface area (Å²) < 4.78 is 18.0. The lowest BCUT2D eigenvalue weighted by atomic mass is 9.81. The van der Waals surface area contributed by atoms with Crippen molar-refractivity contribution < 1.29 is 23.8 Å². The van der Waals surface area contributed by atoms with Crippen LogP contribution in [0.15, 0.2) is 18.2 Å². The van der Waals surface area contributed by atoms with Gasteiger partial charge in [0.2, 0.25) is 0 Å². The maximum absolute atomic E-state index is 13.8. The fourth-order valence-corrected chi connectivity index (χ4v) is 6.23. The molecular weight excluding hydrogens is 566 g/mol. The number of amides is 1. The first-order chi connectivity index (χ1) is 20.7. The summed E-state index contributed by atoms with van der Waals surface area (Å²) in [5.41, 5.74) is 7.00. The second kappa shape index (κ2) is 12.9. The van der Waals surface area contributed by atoms with Crippen LogP contribution in [0.2, 0.25) is 0 Å². The zero-order valence-electron chi connectivity index (χ0n) is 29.7. The zero-order chi connectivity index (χ0) is 33.5. The molecule has 8 heteroatoms. The SMILES string of the molecule is Cc1nc(C)c(C(OC(C)(C)C)C(=O)OC(C)C)c(N2CCC(C)(C)CC2)c1-c1ccc2c(c1)CCN(C(=O)OC(C)(C)C)C2. The predicted octanol–water partition coefficient (Wildman–Crippen LogP) is 8.09. The van der Waals surface area contributed by atoms with Gasteiger partial charge in [-0.15, -0.1) is 0 Å². The summed E-state index contributed by atoms with van der Waals surface area (Å²) in [6.07, 6.45) is 1.33. The summed E-state index contributed by atoms with van der Waals surface area (Å²) in [7, 11) is 0. The van der Waals surface area contributed by atoms with Gasteiger partial charge in [0.05, 0.1) is 17.4 Å². The third-order valence-corrected chi connectivity index (χ3v) is 8.47. The molecule has 1 aromatic heterocycles. The molecule has 0 aliphatic carbocycles. The Bertz CT molecular complexity index is 1410. The molecule has 1 atom stereocenters. The van der Waals surface area contributed by atoms with Gasteiger partial charge in [-0.05, 0) is 111 Å². The number of carbonyl (C=O) groups excluding carboxylic acids is 2. The molecule has 248 valence electrons. The number of anilines is 1. The number of nitrogens with zero attached hydrogens (tertiary/aromatic N) is 3. The molecule has 2 aliphatic rings. The number of pyridine rings is 1. The summed E-state index contributed by atoms with van der Waals surface area (Å²) in [5.74, 6) is -0.397. The van der Waals surface area contributed by atoms with Crippen molar-refractivity contribution in [3.63, 3.8) is 0 Å². The molecule has 1 fully saturated rings. The molecule has 0 saturated carbocycles. The van der Waals surface area contributed by atoms with Gasteiger partial charge in [-0.3, -0.25) is 4.98 Å². The smallest absolute Gasteiger partial charge is 0.410 e. The van der Waals surface area contributed by atoms with E-state index in [4.69, 9.17) is 19.2 Å². The molecule has 0 radical (unpaired) electrons. The van der Waals surface area contributed by atoms with Gasteiger partial charge >= 0.3 is 12.1 Å². The van der Waals surface area contributed by atoms with Crippen molar-refractivity contribution in [1.29, 1.82) is 0 Å². The fourth-order valence-electron chi connectivity index (χ4n) is 6.23. The monoisotopic (exact) mass is 621 g/mol. The Kier molecular flexibility index (Phi) is 9.99. The van der Waals surface area contributed by atoms with E-state index in [2.05, 4.69) is 43.9 Å². The van der Waals surface area contributed by atoms with E-state index in [9.17, 15) is 9.59 Å². The Morgan fingerprint density at radius 1 is 0.911 bits per heavy atom. The van der Waals surface area contributed by atoms with E-state index < -0.39 is 23.3 Å². The molecule has 45 heavy (non-hydrogen) atoms. The Morgan fingerprint density at radius 3 is 2.13 bits per heavy atom. The highest BCUT2D eigenvalue weighted by Crippen LogP contribution is 2.45. The quantitative estimate of drug-likeness (QED) is 0.302. The molecule has 0 N–H and O–H groups in total. The van der Waals surface area contributed by atoms with Crippen LogP contribution in [-0.2, 0) is 32.0 Å². The maximum Gasteiger partial charge on any atom is 0.410 e. The van der Waals surface area contributed by atoms with E-state index >= 15 is 0 Å². The molecule has 4 rings (SSSR count). The molecule has 1 aromatic carbocycles. The molecule has 1 unspecified atom stereocenters. The van der Waals surface area contributed by atoms with E-state index in [-0.39, 0.29) is 17.6 Å². The minimum absolute atomic E-state index is 0.248. The highest BCUT2D eigenvalue weighted by molar-refractivity contribution is 5.88. The summed E-state index contributed by atoms with van der Waals surface area (Å²) in [5, 5.41) is 0. The lowest BCUT2D eigenvalue weighted by Gasteiger charge is -2.41. The van der Waals surface area contributed by atoms with Crippen LogP contribution in [-0.4, -0.2) is 58.9 Å². The Morgan fingerprint density at radius 2 is 1.56 bits per heavy atom. The van der Waals surface area contributed by atoms with Crippen LogP contribution in [0.4, 0.5) is 10.5 Å². The first-order valence-corrected chi connectivity index (χ1v) is 16.5. The maximum atomic E-state index is 13.8. The molecular formula is C37H55N3O5. The number of ether oxygens (including phenoxy) is 3. The van der Waals surface area contributed by atoms with Gasteiger partial charge in [0, 0.05) is 48.7 Å². The van der Waals surface area contributed by atoms with Crippen LogP contribution in [0.1, 0.15) is 116 Å². The number of carbonyl (C=O) groups is 2. The first kappa shape index (κ1) is 34.7. The van der Waals surface area contributed by atoms with Gasteiger partial charge < -0.3 is 24.0 Å². The standard InChI is InChI=1S/C37H55N3O5/c1-23(2)43-33(41)32(44-35(5,6)7)30-25(4)38-24(3)29(31(30)39-19-16-37(11,12)17-20-39)27-13-14-28-22-40(18-15-26(28)21-27)34(42)45-36(8,9)10/h13-14,21,23,32H,15-20,22H2,1-12H3. The van der Waals surface area contributed by atoms with Gasteiger partial charge in [-0.1, -0.05) is 32.0 Å². The number of esters is 1. The van der Waals surface area contributed by atoms with Gasteiger partial charge in [0.1, 0.15) is 5.60 Å². The van der Waals surface area contributed by atoms with Crippen LogP contribution >= 0.6 is 0 Å². The van der Waals surface area contributed by atoms with E-state index in [1.165, 1.54) is 5.56 Å². The van der Waals surface area contributed by atoms with Gasteiger partial charge in [0.25, 0.3) is 0 Å². The third-order valence-electron chi connectivity index (χ3n) is 8.47. The van der Waals surface area contributed by atoms with Crippen LogP contribution in [0.5, 0.6) is 0 Å². The van der Waals surface area contributed by atoms with Crippen molar-refractivity contribution in [3.8, 4) is 11.1 Å². The number of hydrogen-bond acceptors (Lipinski definition) is 7. The first-order valence-electron chi connectivity index (χ1n) is 16.5. The number of hydrogen-bond donors (Lipinski definition) is 0. The van der Waals surface area contributed by atoms with Crippen molar-refractivity contribution in [2.75, 3.05) is 24.5 Å². The summed E-state index contributed by atoms with van der Waals surface area (Å²) >= 11 is 0. The molecule has 2 aromatic rings. The molecule has 8 nitrogen and oxygen atoms in total. The molecule has 0 spiro atoms. The number of fused-ring (bicyclic) bond motifs is 1. The zero-order valence-corrected chi connectivity index (χ0v) is 29.7. The Hall–Kier alpha value is -3.13. The third kappa shape index (κ3) is 8.57. The molecule has 0 bridgehead atoms. The van der Waals surface area contributed by atoms with Gasteiger partial charge in [-0.2, -0.15) is 0 Å². The number of aryl methyl sites for hydroxylation is 2. The second-order valence-corrected chi connectivity index (χ2v) is 15.8. The molecule has 3 heterocycles. The number of aromatic nitrogens is 1. The number of rotatable bonds is 6. The van der Waals surface area contributed by atoms with Crippen LogP contribution in [0.3, 0.4) is 0 Å². The number of benzene rings is 1. The number of piperidine rings is 1.